The minimum absolute atomic E-state index is 0.0789. The molecular weight excluding hydrogens is 228 g/mol. The first-order chi connectivity index (χ1) is 9.35. The van der Waals surface area contributed by atoms with Crippen molar-refractivity contribution >= 4 is 0 Å². The van der Waals surface area contributed by atoms with Gasteiger partial charge in [0.2, 0.25) is 0 Å². The molecule has 1 aromatic carbocycles. The number of hydrogen-bond acceptors (Lipinski definition) is 0. The van der Waals surface area contributed by atoms with E-state index < -0.39 is 0 Å². The van der Waals surface area contributed by atoms with Crippen molar-refractivity contribution in [2.24, 2.45) is 0 Å². The Balaban J connectivity index is 2.12. The van der Waals surface area contributed by atoms with Crippen molar-refractivity contribution in [1.29, 1.82) is 0 Å². The number of allylic oxidation sites excluding steroid dienone is 8. The Labute approximate surface area is 115 Å². The number of benzene rings is 1. The summed E-state index contributed by atoms with van der Waals surface area (Å²) >= 11 is 0. The third-order valence-electron chi connectivity index (χ3n) is 4.26. The average Bonchev–Trinajstić information content (AvgIpc) is 3.16. The lowest BCUT2D eigenvalue weighted by atomic mass is 9.80. The lowest BCUT2D eigenvalue weighted by Crippen LogP contribution is -2.15. The van der Waals surface area contributed by atoms with E-state index in [1.54, 1.807) is 5.57 Å². The van der Waals surface area contributed by atoms with Gasteiger partial charge in [0.25, 0.3) is 0 Å². The molecule has 0 N–H and O–H groups in total. The van der Waals surface area contributed by atoms with E-state index in [1.165, 1.54) is 29.6 Å². The first-order valence-electron chi connectivity index (χ1n) is 7.11. The second-order valence-electron chi connectivity index (χ2n) is 5.19. The highest BCUT2D eigenvalue weighted by Gasteiger charge is 2.54. The summed E-state index contributed by atoms with van der Waals surface area (Å²) in [4.78, 5) is 0. The van der Waals surface area contributed by atoms with Gasteiger partial charge >= 0.3 is 0 Å². The highest BCUT2D eigenvalue weighted by molar-refractivity contribution is 5.75. The third kappa shape index (κ3) is 1.67. The van der Waals surface area contributed by atoms with Crippen LogP contribution < -0.4 is 0 Å². The van der Waals surface area contributed by atoms with Crippen molar-refractivity contribution in [2.75, 3.05) is 0 Å². The molecule has 0 aromatic heterocycles. The molecule has 0 fully saturated rings. The van der Waals surface area contributed by atoms with Gasteiger partial charge in [-0.1, -0.05) is 60.7 Å². The van der Waals surface area contributed by atoms with Crippen LogP contribution in [0, 0.1) is 0 Å². The minimum Gasteiger partial charge on any atom is -0.0873 e. The van der Waals surface area contributed by atoms with E-state index in [4.69, 9.17) is 0 Å². The van der Waals surface area contributed by atoms with Crippen LogP contribution in [0.3, 0.4) is 0 Å². The molecule has 0 saturated carbocycles. The lowest BCUT2D eigenvalue weighted by molar-refractivity contribution is 0.832. The molecule has 2 aliphatic rings. The number of hydrogen-bond donors (Lipinski definition) is 0. The Bertz CT molecular complexity index is 596. The molecule has 19 heavy (non-hydrogen) atoms. The quantitative estimate of drug-likeness (QED) is 0.652. The summed E-state index contributed by atoms with van der Waals surface area (Å²) in [5, 5.41) is 0. The van der Waals surface area contributed by atoms with Gasteiger partial charge in [0.05, 0.1) is 5.41 Å². The molecular formula is C19H20. The number of rotatable bonds is 3. The highest BCUT2D eigenvalue weighted by Crippen LogP contribution is 2.62. The van der Waals surface area contributed by atoms with Crippen LogP contribution in [0.1, 0.15) is 32.3 Å². The van der Waals surface area contributed by atoms with Crippen molar-refractivity contribution in [3.05, 3.63) is 83.0 Å². The van der Waals surface area contributed by atoms with Crippen molar-refractivity contribution in [3.8, 4) is 0 Å². The van der Waals surface area contributed by atoms with Crippen molar-refractivity contribution < 1.29 is 0 Å². The Morgan fingerprint density at radius 1 is 1.16 bits per heavy atom. The maximum atomic E-state index is 2.33. The summed E-state index contributed by atoms with van der Waals surface area (Å²) in [6.45, 7) is 4.24. The van der Waals surface area contributed by atoms with Gasteiger partial charge in [-0.3, -0.25) is 0 Å². The summed E-state index contributed by atoms with van der Waals surface area (Å²) in [7, 11) is 0. The van der Waals surface area contributed by atoms with E-state index in [0.717, 1.165) is 0 Å². The molecule has 0 heteroatoms. The second-order valence-corrected chi connectivity index (χ2v) is 5.19. The van der Waals surface area contributed by atoms with Gasteiger partial charge in [0, 0.05) is 0 Å². The molecule has 1 aromatic rings. The standard InChI is InChI=1S/C19H20/c1-3-10-15(4-2)19(16-11-6-5-7-12-16)17-13-8-9-14-18(17)19/h3-8,10-13H,9,14H2,1-2H3/b10-3-,15-4+. The largest absolute Gasteiger partial charge is 0.0873 e. The van der Waals surface area contributed by atoms with Crippen LogP contribution >= 0.6 is 0 Å². The minimum atomic E-state index is 0.0789. The zero-order valence-electron chi connectivity index (χ0n) is 11.7. The smallest absolute Gasteiger partial charge is 0.0664 e. The Morgan fingerprint density at radius 3 is 2.53 bits per heavy atom. The average molecular weight is 248 g/mol. The Morgan fingerprint density at radius 2 is 1.95 bits per heavy atom. The summed E-state index contributed by atoms with van der Waals surface area (Å²) in [6.07, 6.45) is 13.7. The van der Waals surface area contributed by atoms with Crippen molar-refractivity contribution in [1.82, 2.24) is 0 Å². The Kier molecular flexibility index (Phi) is 3.02. The molecule has 1 unspecified atom stereocenters. The van der Waals surface area contributed by atoms with Gasteiger partial charge in [-0.15, -0.1) is 0 Å². The molecule has 96 valence electrons. The van der Waals surface area contributed by atoms with Crippen LogP contribution in [-0.2, 0) is 5.41 Å². The molecule has 3 rings (SSSR count). The topological polar surface area (TPSA) is 0 Å². The van der Waals surface area contributed by atoms with E-state index in [2.05, 4.69) is 74.6 Å². The molecule has 2 aliphatic carbocycles. The Hall–Kier alpha value is -1.82. The molecule has 0 radical (unpaired) electrons. The van der Waals surface area contributed by atoms with Crippen LogP contribution in [0.2, 0.25) is 0 Å². The van der Waals surface area contributed by atoms with Crippen LogP contribution in [0.4, 0.5) is 0 Å². The summed E-state index contributed by atoms with van der Waals surface area (Å²) in [6, 6.07) is 10.9. The van der Waals surface area contributed by atoms with Gasteiger partial charge < -0.3 is 0 Å². The van der Waals surface area contributed by atoms with E-state index in [1.807, 2.05) is 0 Å². The first kappa shape index (κ1) is 12.2. The molecule has 0 amide bonds. The fourth-order valence-corrected chi connectivity index (χ4v) is 3.46. The van der Waals surface area contributed by atoms with Crippen LogP contribution in [-0.4, -0.2) is 0 Å². The fourth-order valence-electron chi connectivity index (χ4n) is 3.46. The first-order valence-corrected chi connectivity index (χ1v) is 7.11. The third-order valence-corrected chi connectivity index (χ3v) is 4.26. The van der Waals surface area contributed by atoms with Crippen molar-refractivity contribution in [2.45, 2.75) is 32.1 Å². The molecule has 0 nitrogen and oxygen atoms in total. The second kappa shape index (κ2) is 4.70. The molecule has 0 saturated heterocycles. The van der Waals surface area contributed by atoms with E-state index in [9.17, 15) is 0 Å². The zero-order valence-corrected chi connectivity index (χ0v) is 11.7. The fraction of sp³-hybridized carbons (Fsp3) is 0.263. The normalized spacial score (nSPS) is 25.9. The maximum Gasteiger partial charge on any atom is 0.0664 e. The maximum absolute atomic E-state index is 2.33. The predicted molar refractivity (Wildman–Crippen MR) is 82.1 cm³/mol. The zero-order chi connectivity index (χ0) is 13.3. The van der Waals surface area contributed by atoms with E-state index in [0.29, 0.717) is 0 Å². The molecule has 0 bridgehead atoms. The van der Waals surface area contributed by atoms with Crippen molar-refractivity contribution in [3.63, 3.8) is 0 Å². The van der Waals surface area contributed by atoms with E-state index >= 15 is 0 Å². The predicted octanol–water partition coefficient (Wildman–Crippen LogP) is 5.11. The highest BCUT2D eigenvalue weighted by atomic mass is 14.6. The molecule has 0 aliphatic heterocycles. The monoisotopic (exact) mass is 248 g/mol. The molecule has 0 heterocycles. The molecule has 0 spiro atoms. The van der Waals surface area contributed by atoms with Gasteiger partial charge in [0.1, 0.15) is 0 Å². The summed E-state index contributed by atoms with van der Waals surface area (Å²) < 4.78 is 0. The SMILES string of the molecule is C/C=C\C(=C/C)C1(c2ccccc2)C2=C1CCC=C2. The van der Waals surface area contributed by atoms with Gasteiger partial charge in [0.15, 0.2) is 0 Å². The van der Waals surface area contributed by atoms with Crippen LogP contribution in [0.5, 0.6) is 0 Å². The van der Waals surface area contributed by atoms with Gasteiger partial charge in [-0.05, 0) is 49.0 Å². The van der Waals surface area contributed by atoms with Crippen LogP contribution in [0.15, 0.2) is 77.4 Å². The molecule has 1 atom stereocenters. The van der Waals surface area contributed by atoms with E-state index in [-0.39, 0.29) is 5.41 Å². The summed E-state index contributed by atoms with van der Waals surface area (Å²) in [5.41, 5.74) is 6.05. The van der Waals surface area contributed by atoms with Gasteiger partial charge in [-0.2, -0.15) is 0 Å². The van der Waals surface area contributed by atoms with Crippen LogP contribution in [0.25, 0.3) is 0 Å². The summed E-state index contributed by atoms with van der Waals surface area (Å²) in [5.74, 6) is 0. The lowest BCUT2D eigenvalue weighted by Gasteiger charge is -2.22. The van der Waals surface area contributed by atoms with Gasteiger partial charge in [-0.25, -0.2) is 0 Å².